The van der Waals surface area contributed by atoms with E-state index < -0.39 is 17.7 Å². The molecule has 0 fully saturated rings. The van der Waals surface area contributed by atoms with Gasteiger partial charge in [-0.3, -0.25) is 0 Å². The maximum Gasteiger partial charge on any atom is 0.219 e. The first-order valence-electron chi connectivity index (χ1n) is 8.68. The van der Waals surface area contributed by atoms with Gasteiger partial charge in [0, 0.05) is 26.1 Å². The fourth-order valence-electron chi connectivity index (χ4n) is 2.54. The first-order valence-corrected chi connectivity index (χ1v) is 10.4. The van der Waals surface area contributed by atoms with Gasteiger partial charge in [0.05, 0.1) is 0 Å². The minimum atomic E-state index is -0.843. The van der Waals surface area contributed by atoms with E-state index in [4.69, 9.17) is 27.9 Å². The molecule has 3 aromatic rings. The average Bonchev–Trinajstić information content (AvgIpc) is 3.21. The highest BCUT2D eigenvalue weighted by molar-refractivity contribution is 7.99. The quantitative estimate of drug-likeness (QED) is 0.481. The standard InChI is InChI=1S/C20H21Cl2N3O2S/c1-20(2,11-28-17-9-5-15(22)6-10-17)18(26)19(25-13-23-12-24-25)27-16-7-3-14(21)4-8-16/h3-10,12-13,18-19,26H,11H2,1-2H3. The summed E-state index contributed by atoms with van der Waals surface area (Å²) in [5, 5.41) is 16.7. The number of ether oxygens (including phenoxy) is 1. The van der Waals surface area contributed by atoms with E-state index in [-0.39, 0.29) is 0 Å². The van der Waals surface area contributed by atoms with Crippen molar-refractivity contribution in [3.63, 3.8) is 0 Å². The highest BCUT2D eigenvalue weighted by Crippen LogP contribution is 2.36. The molecule has 2 atom stereocenters. The van der Waals surface area contributed by atoms with Crippen LogP contribution in [0.4, 0.5) is 0 Å². The van der Waals surface area contributed by atoms with Crippen molar-refractivity contribution >= 4 is 35.0 Å². The predicted octanol–water partition coefficient (Wildman–Crippen LogP) is 5.34. The summed E-state index contributed by atoms with van der Waals surface area (Å²) < 4.78 is 7.58. The second kappa shape index (κ2) is 9.18. The Morgan fingerprint density at radius 1 is 1.07 bits per heavy atom. The molecule has 0 saturated heterocycles. The molecule has 5 nitrogen and oxygen atoms in total. The van der Waals surface area contributed by atoms with Crippen molar-refractivity contribution in [2.24, 2.45) is 5.41 Å². The van der Waals surface area contributed by atoms with Gasteiger partial charge in [0.1, 0.15) is 24.5 Å². The molecule has 0 aliphatic carbocycles. The molecule has 1 aromatic heterocycles. The van der Waals surface area contributed by atoms with Crippen LogP contribution in [0.25, 0.3) is 0 Å². The number of benzene rings is 2. The zero-order chi connectivity index (χ0) is 20.1. The number of halogens is 2. The molecule has 148 valence electrons. The number of nitrogens with zero attached hydrogens (tertiary/aromatic N) is 3. The second-order valence-electron chi connectivity index (χ2n) is 7.01. The second-order valence-corrected chi connectivity index (χ2v) is 8.94. The Labute approximate surface area is 178 Å². The molecule has 0 aliphatic heterocycles. The Bertz CT molecular complexity index is 871. The summed E-state index contributed by atoms with van der Waals surface area (Å²) in [6, 6.07) is 14.6. The van der Waals surface area contributed by atoms with Crippen LogP contribution in [0, 0.1) is 5.41 Å². The molecule has 0 saturated carbocycles. The Morgan fingerprint density at radius 2 is 1.68 bits per heavy atom. The minimum Gasteiger partial charge on any atom is -0.466 e. The van der Waals surface area contributed by atoms with Crippen molar-refractivity contribution in [2.75, 3.05) is 5.75 Å². The van der Waals surface area contributed by atoms with Gasteiger partial charge in [-0.1, -0.05) is 37.0 Å². The van der Waals surface area contributed by atoms with Gasteiger partial charge in [-0.25, -0.2) is 9.67 Å². The van der Waals surface area contributed by atoms with E-state index in [0.29, 0.717) is 21.5 Å². The molecule has 0 aliphatic rings. The van der Waals surface area contributed by atoms with E-state index in [1.165, 1.54) is 17.3 Å². The molecule has 28 heavy (non-hydrogen) atoms. The van der Waals surface area contributed by atoms with Crippen LogP contribution in [-0.4, -0.2) is 31.7 Å². The zero-order valence-corrected chi connectivity index (χ0v) is 17.8. The van der Waals surface area contributed by atoms with Crippen LogP contribution in [0.2, 0.25) is 10.0 Å². The number of rotatable bonds is 8. The van der Waals surface area contributed by atoms with E-state index >= 15 is 0 Å². The minimum absolute atomic E-state index is 0.479. The maximum atomic E-state index is 11.2. The molecule has 1 N–H and O–H groups in total. The highest BCUT2D eigenvalue weighted by atomic mass is 35.5. The smallest absolute Gasteiger partial charge is 0.219 e. The van der Waals surface area contributed by atoms with Crippen LogP contribution in [0.15, 0.2) is 66.1 Å². The average molecular weight is 438 g/mol. The Morgan fingerprint density at radius 3 is 2.25 bits per heavy atom. The number of thioether (sulfide) groups is 1. The highest BCUT2D eigenvalue weighted by Gasteiger charge is 2.37. The fraction of sp³-hybridized carbons (Fsp3) is 0.300. The largest absolute Gasteiger partial charge is 0.466 e. The lowest BCUT2D eigenvalue weighted by Crippen LogP contribution is -2.42. The maximum absolute atomic E-state index is 11.2. The summed E-state index contributed by atoms with van der Waals surface area (Å²) in [6.45, 7) is 3.99. The molecule has 2 unspecified atom stereocenters. The number of hydrogen-bond donors (Lipinski definition) is 1. The summed E-state index contributed by atoms with van der Waals surface area (Å²) in [5.41, 5.74) is -0.479. The number of aromatic nitrogens is 3. The lowest BCUT2D eigenvalue weighted by molar-refractivity contribution is -0.0714. The monoisotopic (exact) mass is 437 g/mol. The fourth-order valence-corrected chi connectivity index (χ4v) is 3.83. The first kappa shape index (κ1) is 21.0. The van der Waals surface area contributed by atoms with Gasteiger partial charge < -0.3 is 9.84 Å². The van der Waals surface area contributed by atoms with Crippen LogP contribution in [0.3, 0.4) is 0 Å². The summed E-state index contributed by atoms with van der Waals surface area (Å²) >= 11 is 13.5. The van der Waals surface area contributed by atoms with E-state index in [9.17, 15) is 5.11 Å². The topological polar surface area (TPSA) is 60.2 Å². The van der Waals surface area contributed by atoms with Crippen LogP contribution >= 0.6 is 35.0 Å². The van der Waals surface area contributed by atoms with E-state index in [0.717, 1.165) is 4.90 Å². The number of hydrogen-bond acceptors (Lipinski definition) is 5. The van der Waals surface area contributed by atoms with E-state index in [1.807, 2.05) is 38.1 Å². The number of aliphatic hydroxyl groups excluding tert-OH is 1. The molecule has 0 amide bonds. The van der Waals surface area contributed by atoms with Crippen LogP contribution in [-0.2, 0) is 0 Å². The lowest BCUT2D eigenvalue weighted by atomic mass is 9.87. The van der Waals surface area contributed by atoms with Gasteiger partial charge >= 0.3 is 0 Å². The molecule has 2 aromatic carbocycles. The molecule has 0 spiro atoms. The van der Waals surface area contributed by atoms with Crippen molar-refractivity contribution in [2.45, 2.75) is 31.1 Å². The molecular formula is C20H21Cl2N3O2S. The summed E-state index contributed by atoms with van der Waals surface area (Å²) in [6.07, 6.45) is 1.38. The Kier molecular flexibility index (Phi) is 6.88. The lowest BCUT2D eigenvalue weighted by Gasteiger charge is -2.35. The van der Waals surface area contributed by atoms with Gasteiger partial charge in [-0.05, 0) is 48.5 Å². The van der Waals surface area contributed by atoms with Gasteiger partial charge in [-0.2, -0.15) is 5.10 Å². The third-order valence-corrected chi connectivity index (χ3v) is 6.26. The third kappa shape index (κ3) is 5.41. The first-order chi connectivity index (χ1) is 13.3. The van der Waals surface area contributed by atoms with Crippen molar-refractivity contribution in [1.82, 2.24) is 14.8 Å². The molecule has 0 radical (unpaired) electrons. The Hall–Kier alpha value is -1.73. The molecular weight excluding hydrogens is 417 g/mol. The molecule has 1 heterocycles. The van der Waals surface area contributed by atoms with Gasteiger partial charge in [-0.15, -0.1) is 11.8 Å². The van der Waals surface area contributed by atoms with Gasteiger partial charge in [0.2, 0.25) is 6.23 Å². The van der Waals surface area contributed by atoms with Gasteiger partial charge in [0.25, 0.3) is 0 Å². The van der Waals surface area contributed by atoms with Crippen molar-refractivity contribution in [1.29, 1.82) is 0 Å². The number of aliphatic hydroxyl groups is 1. The van der Waals surface area contributed by atoms with E-state index in [2.05, 4.69) is 10.1 Å². The van der Waals surface area contributed by atoms with Crippen molar-refractivity contribution in [3.05, 3.63) is 71.2 Å². The summed E-state index contributed by atoms with van der Waals surface area (Å²) in [7, 11) is 0. The van der Waals surface area contributed by atoms with Crippen molar-refractivity contribution in [3.8, 4) is 5.75 Å². The summed E-state index contributed by atoms with van der Waals surface area (Å²) in [4.78, 5) is 5.07. The normalized spacial score (nSPS) is 13.9. The third-order valence-electron chi connectivity index (χ3n) is 4.26. The van der Waals surface area contributed by atoms with Crippen LogP contribution in [0.1, 0.15) is 20.1 Å². The zero-order valence-electron chi connectivity index (χ0n) is 15.5. The Balaban J connectivity index is 1.75. The predicted molar refractivity (Wildman–Crippen MR) is 113 cm³/mol. The summed E-state index contributed by atoms with van der Waals surface area (Å²) in [5.74, 6) is 1.26. The van der Waals surface area contributed by atoms with Crippen LogP contribution < -0.4 is 4.74 Å². The SMILES string of the molecule is CC(C)(CSc1ccc(Cl)cc1)C(O)C(Oc1ccc(Cl)cc1)n1cncn1. The molecule has 0 bridgehead atoms. The van der Waals surface area contributed by atoms with Crippen molar-refractivity contribution < 1.29 is 9.84 Å². The molecule has 8 heteroatoms. The van der Waals surface area contributed by atoms with Crippen LogP contribution in [0.5, 0.6) is 5.75 Å². The van der Waals surface area contributed by atoms with Gasteiger partial charge in [0.15, 0.2) is 0 Å². The van der Waals surface area contributed by atoms with E-state index in [1.54, 1.807) is 36.0 Å². The molecule has 3 rings (SSSR count).